The average Bonchev–Trinajstić information content (AvgIpc) is 3.34. The normalized spacial score (nSPS) is 24.8. The van der Waals surface area contributed by atoms with Gasteiger partial charge >= 0.3 is 13.8 Å². The largest absolute Gasteiger partial charge is 0.427 e. The zero-order valence-corrected chi connectivity index (χ0v) is 14.1. The molecule has 3 nitrogen and oxygen atoms in total. The maximum absolute atomic E-state index is 12.8. The maximum atomic E-state index is 12.8. The smallest absolute Gasteiger partial charge is 0.416 e. The number of hydrogen-bond acceptors (Lipinski definition) is 3. The summed E-state index contributed by atoms with van der Waals surface area (Å²) in [6, 6.07) is 6.29. The predicted molar refractivity (Wildman–Crippen MR) is 87.4 cm³/mol. The van der Waals surface area contributed by atoms with E-state index in [2.05, 4.69) is 16.6 Å². The van der Waals surface area contributed by atoms with Gasteiger partial charge in [-0.3, -0.25) is 4.90 Å². The maximum Gasteiger partial charge on any atom is 0.416 e. The predicted octanol–water partition coefficient (Wildman–Crippen LogP) is 3.34. The molecule has 2 atom stereocenters. The number of rotatable bonds is 5. The highest BCUT2D eigenvalue weighted by Gasteiger charge is 2.40. The van der Waals surface area contributed by atoms with E-state index in [0.717, 1.165) is 38.0 Å². The summed E-state index contributed by atoms with van der Waals surface area (Å²) in [5, 5.41) is 0. The van der Waals surface area contributed by atoms with Crippen LogP contribution in [0.4, 0.5) is 13.2 Å². The first kappa shape index (κ1) is 17.8. The van der Waals surface area contributed by atoms with Gasteiger partial charge in [-0.25, -0.2) is 0 Å². The molecule has 1 saturated heterocycles. The van der Waals surface area contributed by atoms with Crippen LogP contribution in [0.3, 0.4) is 0 Å². The Bertz CT molecular complexity index is 548. The minimum absolute atomic E-state index is 0.215. The Balaban J connectivity index is 1.76. The summed E-state index contributed by atoms with van der Waals surface area (Å²) in [5.41, 5.74) is 0.426. The molecule has 1 unspecified atom stereocenters. The van der Waals surface area contributed by atoms with Crippen molar-refractivity contribution in [2.45, 2.75) is 38.0 Å². The summed E-state index contributed by atoms with van der Waals surface area (Å²) in [6.07, 6.45) is -1.96. The fraction of sp³-hybridized carbons (Fsp3) is 0.647. The van der Waals surface area contributed by atoms with Crippen LogP contribution in [0.25, 0.3) is 0 Å². The van der Waals surface area contributed by atoms with Gasteiger partial charge in [-0.1, -0.05) is 12.1 Å². The van der Waals surface area contributed by atoms with Crippen LogP contribution in [-0.2, 0) is 10.8 Å². The summed E-state index contributed by atoms with van der Waals surface area (Å²) in [4.78, 5) is 4.60. The summed E-state index contributed by atoms with van der Waals surface area (Å²) in [7, 11) is 3.39. The van der Waals surface area contributed by atoms with Crippen molar-refractivity contribution in [1.82, 2.24) is 9.71 Å². The molecule has 3 rings (SSSR count). The van der Waals surface area contributed by atoms with E-state index in [9.17, 15) is 13.2 Å². The van der Waals surface area contributed by atoms with Crippen molar-refractivity contribution in [2.75, 3.05) is 26.7 Å². The molecule has 1 aromatic carbocycles. The second kappa shape index (κ2) is 7.06. The van der Waals surface area contributed by atoms with Crippen LogP contribution >= 0.6 is 0 Å². The SMILES string of the molecule is CO[B]N1CCN(C(c2ccc(C(F)(F)F)cc2)C2CC2)[C@@H](C)C1. The molecule has 0 N–H and O–H groups in total. The number of piperazine rings is 1. The van der Waals surface area contributed by atoms with E-state index in [4.69, 9.17) is 4.65 Å². The van der Waals surface area contributed by atoms with Gasteiger partial charge in [0.15, 0.2) is 0 Å². The molecule has 1 radical (unpaired) electrons. The monoisotopic (exact) mass is 339 g/mol. The van der Waals surface area contributed by atoms with Crippen molar-refractivity contribution < 1.29 is 17.8 Å². The minimum Gasteiger partial charge on any atom is -0.427 e. The van der Waals surface area contributed by atoms with E-state index < -0.39 is 11.7 Å². The molecule has 1 heterocycles. The van der Waals surface area contributed by atoms with Crippen molar-refractivity contribution >= 4 is 7.62 Å². The third kappa shape index (κ3) is 3.95. The second-order valence-electron chi connectivity index (χ2n) is 6.82. The highest BCUT2D eigenvalue weighted by atomic mass is 19.4. The molecule has 24 heavy (non-hydrogen) atoms. The lowest BCUT2D eigenvalue weighted by molar-refractivity contribution is -0.137. The summed E-state index contributed by atoms with van der Waals surface area (Å²) >= 11 is 0. The fourth-order valence-electron chi connectivity index (χ4n) is 3.67. The Hall–Kier alpha value is -1.05. The Morgan fingerprint density at radius 1 is 1.17 bits per heavy atom. The van der Waals surface area contributed by atoms with Gasteiger partial charge < -0.3 is 9.47 Å². The lowest BCUT2D eigenvalue weighted by atomic mass is 9.95. The van der Waals surface area contributed by atoms with Gasteiger partial charge in [0.25, 0.3) is 0 Å². The molecular formula is C17H23BF3N2O. The molecule has 7 heteroatoms. The molecule has 0 amide bonds. The molecule has 1 aromatic rings. The molecule has 0 spiro atoms. The van der Waals surface area contributed by atoms with Crippen molar-refractivity contribution in [3.8, 4) is 0 Å². The van der Waals surface area contributed by atoms with Gasteiger partial charge in [0.05, 0.1) is 5.56 Å². The lowest BCUT2D eigenvalue weighted by Crippen LogP contribution is -2.54. The van der Waals surface area contributed by atoms with E-state index in [1.165, 1.54) is 12.1 Å². The van der Waals surface area contributed by atoms with E-state index in [1.807, 2.05) is 0 Å². The number of hydrogen-bond donors (Lipinski definition) is 0. The molecule has 1 aliphatic heterocycles. The number of nitrogens with zero attached hydrogens (tertiary/aromatic N) is 2. The van der Waals surface area contributed by atoms with Crippen molar-refractivity contribution in [3.63, 3.8) is 0 Å². The average molecular weight is 339 g/mol. The van der Waals surface area contributed by atoms with Gasteiger partial charge in [0, 0.05) is 38.8 Å². The van der Waals surface area contributed by atoms with E-state index >= 15 is 0 Å². The van der Waals surface area contributed by atoms with Crippen molar-refractivity contribution in [1.29, 1.82) is 0 Å². The van der Waals surface area contributed by atoms with Crippen LogP contribution in [0.2, 0.25) is 0 Å². The van der Waals surface area contributed by atoms with Crippen LogP contribution in [-0.4, -0.2) is 50.1 Å². The van der Waals surface area contributed by atoms with E-state index in [0.29, 0.717) is 12.0 Å². The van der Waals surface area contributed by atoms with Crippen LogP contribution in [0.1, 0.15) is 36.9 Å². The van der Waals surface area contributed by atoms with Crippen molar-refractivity contribution in [2.24, 2.45) is 5.92 Å². The summed E-state index contributed by atoms with van der Waals surface area (Å²) < 4.78 is 43.5. The first-order valence-corrected chi connectivity index (χ1v) is 8.43. The number of halogens is 3. The van der Waals surface area contributed by atoms with E-state index in [-0.39, 0.29) is 6.04 Å². The fourth-order valence-corrected chi connectivity index (χ4v) is 3.67. The number of benzene rings is 1. The minimum atomic E-state index is -4.28. The third-order valence-corrected chi connectivity index (χ3v) is 4.97. The van der Waals surface area contributed by atoms with E-state index in [1.54, 1.807) is 26.9 Å². The lowest BCUT2D eigenvalue weighted by Gasteiger charge is -2.44. The van der Waals surface area contributed by atoms with Crippen LogP contribution in [0.5, 0.6) is 0 Å². The van der Waals surface area contributed by atoms with Crippen LogP contribution in [0, 0.1) is 5.92 Å². The van der Waals surface area contributed by atoms with Gasteiger partial charge in [-0.2, -0.15) is 13.2 Å². The summed E-state index contributed by atoms with van der Waals surface area (Å²) in [6.45, 7) is 4.82. The zero-order chi connectivity index (χ0) is 17.3. The third-order valence-electron chi connectivity index (χ3n) is 4.97. The molecule has 0 bridgehead atoms. The van der Waals surface area contributed by atoms with Crippen LogP contribution in [0.15, 0.2) is 24.3 Å². The number of alkyl halides is 3. The molecule has 2 fully saturated rings. The first-order valence-electron chi connectivity index (χ1n) is 8.43. The zero-order valence-electron chi connectivity index (χ0n) is 14.1. The van der Waals surface area contributed by atoms with Gasteiger partial charge in [-0.05, 0) is 43.4 Å². The van der Waals surface area contributed by atoms with Gasteiger partial charge in [0.2, 0.25) is 0 Å². The molecule has 1 saturated carbocycles. The Morgan fingerprint density at radius 3 is 2.33 bits per heavy atom. The van der Waals surface area contributed by atoms with Gasteiger partial charge in [0.1, 0.15) is 0 Å². The summed E-state index contributed by atoms with van der Waals surface area (Å²) in [5.74, 6) is 0.558. The standard InChI is InChI=1S/C17H23BF3N2O/c1-12-11-22(18-24-2)9-10-23(12)16(13-3-4-13)14-5-7-15(8-6-14)17(19,20)21/h5-8,12-13,16H,3-4,9-11H2,1-2H3/t12-,16?/m0/s1. The topological polar surface area (TPSA) is 15.7 Å². The Labute approximate surface area is 142 Å². The highest BCUT2D eigenvalue weighted by Crippen LogP contribution is 2.46. The highest BCUT2D eigenvalue weighted by molar-refractivity contribution is 6.23. The molecule has 2 aliphatic rings. The van der Waals surface area contributed by atoms with Gasteiger partial charge in [-0.15, -0.1) is 0 Å². The van der Waals surface area contributed by atoms with Crippen molar-refractivity contribution in [3.05, 3.63) is 35.4 Å². The first-order chi connectivity index (χ1) is 11.4. The van der Waals surface area contributed by atoms with Crippen LogP contribution < -0.4 is 0 Å². The molecule has 0 aromatic heterocycles. The molecule has 131 valence electrons. The molecular weight excluding hydrogens is 316 g/mol. The quantitative estimate of drug-likeness (QED) is 0.766. The Morgan fingerprint density at radius 2 is 1.83 bits per heavy atom. The second-order valence-corrected chi connectivity index (χ2v) is 6.82. The Kier molecular flexibility index (Phi) is 5.23. The molecule has 1 aliphatic carbocycles.